The smallest absolute Gasteiger partial charge is 0.137 e. The van der Waals surface area contributed by atoms with Crippen molar-refractivity contribution in [2.45, 2.75) is 26.4 Å². The molecule has 0 fully saturated rings. The quantitative estimate of drug-likeness (QED) is 0.803. The molecular weight excluding hydrogens is 333 g/mol. The predicted octanol–water partition coefficient (Wildman–Crippen LogP) is 4.84. The van der Waals surface area contributed by atoms with Crippen molar-refractivity contribution < 1.29 is 9.13 Å². The summed E-state index contributed by atoms with van der Waals surface area (Å²) in [7, 11) is 0. The van der Waals surface area contributed by atoms with Gasteiger partial charge in [-0.2, -0.15) is 0 Å². The van der Waals surface area contributed by atoms with E-state index in [2.05, 4.69) is 40.3 Å². The Hall–Kier alpha value is -1.39. The second kappa shape index (κ2) is 7.57. The molecule has 0 amide bonds. The van der Waals surface area contributed by atoms with Crippen LogP contribution in [0, 0.1) is 5.82 Å². The lowest BCUT2D eigenvalue weighted by atomic mass is 10.1. The Morgan fingerprint density at radius 1 is 1.19 bits per heavy atom. The van der Waals surface area contributed by atoms with Gasteiger partial charge in [0.2, 0.25) is 0 Å². The van der Waals surface area contributed by atoms with E-state index >= 15 is 0 Å². The highest BCUT2D eigenvalue weighted by Crippen LogP contribution is 2.20. The number of nitrogens with one attached hydrogen (secondary N) is 1. The van der Waals surface area contributed by atoms with Gasteiger partial charge in [-0.3, -0.25) is 0 Å². The fourth-order valence-electron chi connectivity index (χ4n) is 2.06. The van der Waals surface area contributed by atoms with Gasteiger partial charge in [0.25, 0.3) is 0 Å². The Bertz CT molecular complexity index is 586. The lowest BCUT2D eigenvalue weighted by Crippen LogP contribution is -2.18. The van der Waals surface area contributed by atoms with Crippen molar-refractivity contribution in [1.82, 2.24) is 5.32 Å². The van der Waals surface area contributed by atoms with Crippen molar-refractivity contribution in [2.24, 2.45) is 0 Å². The van der Waals surface area contributed by atoms with Crippen LogP contribution in [0.1, 0.15) is 31.0 Å². The molecule has 2 aromatic carbocycles. The van der Waals surface area contributed by atoms with E-state index in [0.29, 0.717) is 17.6 Å². The van der Waals surface area contributed by atoms with Crippen molar-refractivity contribution in [2.75, 3.05) is 6.61 Å². The first kappa shape index (κ1) is 16.0. The summed E-state index contributed by atoms with van der Waals surface area (Å²) in [5.41, 5.74) is 2.24. The van der Waals surface area contributed by atoms with Crippen LogP contribution in [0.3, 0.4) is 0 Å². The molecule has 0 aromatic heterocycles. The third-order valence-corrected chi connectivity index (χ3v) is 3.90. The van der Waals surface area contributed by atoms with E-state index in [9.17, 15) is 4.39 Å². The molecule has 4 heteroatoms. The van der Waals surface area contributed by atoms with E-state index in [-0.39, 0.29) is 11.9 Å². The second-order valence-electron chi connectivity index (χ2n) is 4.85. The number of hydrogen-bond acceptors (Lipinski definition) is 2. The summed E-state index contributed by atoms with van der Waals surface area (Å²) in [5, 5.41) is 3.43. The van der Waals surface area contributed by atoms with Gasteiger partial charge in [-0.1, -0.05) is 18.2 Å². The molecule has 0 aliphatic heterocycles. The minimum Gasteiger partial charge on any atom is -0.494 e. The van der Waals surface area contributed by atoms with Crippen molar-refractivity contribution in [3.63, 3.8) is 0 Å². The zero-order valence-corrected chi connectivity index (χ0v) is 13.8. The maximum Gasteiger partial charge on any atom is 0.137 e. The van der Waals surface area contributed by atoms with Crippen LogP contribution in [-0.2, 0) is 6.54 Å². The van der Waals surface area contributed by atoms with Gasteiger partial charge in [-0.05, 0) is 65.2 Å². The van der Waals surface area contributed by atoms with Crippen molar-refractivity contribution in [3.8, 4) is 5.75 Å². The molecule has 0 aliphatic carbocycles. The summed E-state index contributed by atoms with van der Waals surface area (Å²) in [5.74, 6) is 0.647. The molecule has 2 rings (SSSR count). The summed E-state index contributed by atoms with van der Waals surface area (Å²) in [4.78, 5) is 0. The van der Waals surface area contributed by atoms with Crippen molar-refractivity contribution in [3.05, 3.63) is 63.9 Å². The molecule has 0 saturated carbocycles. The summed E-state index contributed by atoms with van der Waals surface area (Å²) in [6, 6.07) is 13.3. The van der Waals surface area contributed by atoms with Gasteiger partial charge in [0.15, 0.2) is 0 Å². The Kier molecular flexibility index (Phi) is 5.76. The van der Waals surface area contributed by atoms with Crippen LogP contribution in [0.5, 0.6) is 5.75 Å². The van der Waals surface area contributed by atoms with Crippen LogP contribution in [0.2, 0.25) is 0 Å². The minimum atomic E-state index is -0.238. The fourth-order valence-corrected chi connectivity index (χ4v) is 2.48. The summed E-state index contributed by atoms with van der Waals surface area (Å²) in [6.45, 7) is 5.44. The maximum atomic E-state index is 13.2. The first-order valence-corrected chi connectivity index (χ1v) is 7.79. The lowest BCUT2D eigenvalue weighted by Gasteiger charge is -2.15. The zero-order chi connectivity index (χ0) is 15.2. The third-order valence-electron chi connectivity index (χ3n) is 3.29. The van der Waals surface area contributed by atoms with Crippen LogP contribution in [-0.4, -0.2) is 6.61 Å². The van der Waals surface area contributed by atoms with Crippen LogP contribution in [0.25, 0.3) is 0 Å². The average Bonchev–Trinajstić information content (AvgIpc) is 2.49. The van der Waals surface area contributed by atoms with Crippen LogP contribution < -0.4 is 10.1 Å². The molecule has 2 nitrogen and oxygen atoms in total. The molecule has 0 bridgehead atoms. The molecule has 0 radical (unpaired) electrons. The number of hydrogen-bond donors (Lipinski definition) is 1. The van der Waals surface area contributed by atoms with E-state index in [4.69, 9.17) is 4.74 Å². The summed E-state index contributed by atoms with van der Waals surface area (Å²) >= 11 is 3.20. The fraction of sp³-hybridized carbons (Fsp3) is 0.294. The molecule has 2 aromatic rings. The topological polar surface area (TPSA) is 21.3 Å². The van der Waals surface area contributed by atoms with E-state index < -0.39 is 0 Å². The van der Waals surface area contributed by atoms with Crippen LogP contribution in [0.15, 0.2) is 46.9 Å². The number of benzene rings is 2. The predicted molar refractivity (Wildman–Crippen MR) is 87.0 cm³/mol. The van der Waals surface area contributed by atoms with E-state index in [0.717, 1.165) is 11.3 Å². The average molecular weight is 352 g/mol. The van der Waals surface area contributed by atoms with Crippen molar-refractivity contribution in [1.29, 1.82) is 0 Å². The van der Waals surface area contributed by atoms with E-state index in [1.807, 2.05) is 19.1 Å². The Labute approximate surface area is 133 Å². The lowest BCUT2D eigenvalue weighted by molar-refractivity contribution is 0.340. The Morgan fingerprint density at radius 3 is 2.52 bits per heavy atom. The summed E-state index contributed by atoms with van der Waals surface area (Å²) in [6.07, 6.45) is 0. The highest BCUT2D eigenvalue weighted by atomic mass is 79.9. The largest absolute Gasteiger partial charge is 0.494 e. The van der Waals surface area contributed by atoms with E-state index in [1.165, 1.54) is 11.6 Å². The molecular formula is C17H19BrFNO. The number of halogens is 2. The Morgan fingerprint density at radius 2 is 1.90 bits per heavy atom. The first-order valence-electron chi connectivity index (χ1n) is 7.00. The second-order valence-corrected chi connectivity index (χ2v) is 5.71. The number of rotatable bonds is 6. The molecule has 21 heavy (non-hydrogen) atoms. The SMILES string of the molecule is CCOc1ccc(C(C)NCc2ccc(F)c(Br)c2)cc1. The molecule has 112 valence electrons. The molecule has 1 N–H and O–H groups in total. The molecule has 0 aliphatic rings. The van der Waals surface area contributed by atoms with Gasteiger partial charge in [-0.15, -0.1) is 0 Å². The van der Waals surface area contributed by atoms with Crippen LogP contribution in [0.4, 0.5) is 4.39 Å². The van der Waals surface area contributed by atoms with Gasteiger partial charge in [0.05, 0.1) is 11.1 Å². The maximum absolute atomic E-state index is 13.2. The highest BCUT2D eigenvalue weighted by molar-refractivity contribution is 9.10. The Balaban J connectivity index is 1.94. The van der Waals surface area contributed by atoms with Gasteiger partial charge in [-0.25, -0.2) is 4.39 Å². The minimum absolute atomic E-state index is 0.213. The first-order chi connectivity index (χ1) is 10.1. The number of ether oxygens (including phenoxy) is 1. The molecule has 0 saturated heterocycles. The van der Waals surface area contributed by atoms with Gasteiger partial charge in [0.1, 0.15) is 11.6 Å². The highest BCUT2D eigenvalue weighted by Gasteiger charge is 2.06. The summed E-state index contributed by atoms with van der Waals surface area (Å²) < 4.78 is 19.1. The normalized spacial score (nSPS) is 12.2. The molecule has 1 atom stereocenters. The molecule has 0 spiro atoms. The molecule has 0 heterocycles. The van der Waals surface area contributed by atoms with E-state index in [1.54, 1.807) is 12.1 Å². The standard InChI is InChI=1S/C17H19BrFNO/c1-3-21-15-7-5-14(6-8-15)12(2)20-11-13-4-9-17(19)16(18)10-13/h4-10,12,20H,3,11H2,1-2H3. The van der Waals surface area contributed by atoms with Gasteiger partial charge >= 0.3 is 0 Å². The third kappa shape index (κ3) is 4.55. The zero-order valence-electron chi connectivity index (χ0n) is 12.2. The van der Waals surface area contributed by atoms with Crippen LogP contribution >= 0.6 is 15.9 Å². The van der Waals surface area contributed by atoms with Crippen molar-refractivity contribution >= 4 is 15.9 Å². The molecule has 1 unspecified atom stereocenters. The monoisotopic (exact) mass is 351 g/mol. The van der Waals surface area contributed by atoms with Gasteiger partial charge in [0, 0.05) is 12.6 Å². The van der Waals surface area contributed by atoms with Gasteiger partial charge < -0.3 is 10.1 Å².